The lowest BCUT2D eigenvalue weighted by Gasteiger charge is -2.26. The molecule has 0 N–H and O–H groups in total. The molecule has 0 aromatic heterocycles. The minimum atomic E-state index is -0.512. The predicted molar refractivity (Wildman–Crippen MR) is 87.6 cm³/mol. The second-order valence-corrected chi connectivity index (χ2v) is 6.44. The van der Waals surface area contributed by atoms with Gasteiger partial charge < -0.3 is 14.4 Å². The van der Waals surface area contributed by atoms with Crippen LogP contribution in [0.2, 0.25) is 0 Å². The highest BCUT2D eigenvalue weighted by Gasteiger charge is 2.21. The third-order valence-corrected chi connectivity index (χ3v) is 2.92. The first-order valence-corrected chi connectivity index (χ1v) is 7.58. The molecule has 0 aliphatic carbocycles. The maximum absolute atomic E-state index is 12.0. The van der Waals surface area contributed by atoms with Gasteiger partial charge in [0.1, 0.15) is 18.0 Å². The molecule has 0 aliphatic rings. The molecular weight excluding hydrogens is 334 g/mol. The third-order valence-electron chi connectivity index (χ3n) is 2.43. The van der Waals surface area contributed by atoms with E-state index in [2.05, 4.69) is 22.5 Å². The van der Waals surface area contributed by atoms with E-state index in [0.29, 0.717) is 19.7 Å². The van der Waals surface area contributed by atoms with Crippen LogP contribution in [0.1, 0.15) is 20.8 Å². The summed E-state index contributed by atoms with van der Waals surface area (Å²) in [5, 5.41) is 0. The molecule has 1 rings (SSSR count). The van der Waals surface area contributed by atoms with E-state index in [1.165, 1.54) is 0 Å². The highest BCUT2D eigenvalue weighted by molar-refractivity contribution is 9.10. The molecule has 1 aromatic carbocycles. The van der Waals surface area contributed by atoms with Gasteiger partial charge in [-0.15, -0.1) is 6.58 Å². The molecular formula is C16H22BrNO3. The molecule has 0 saturated carbocycles. The van der Waals surface area contributed by atoms with Crippen molar-refractivity contribution in [1.82, 2.24) is 4.90 Å². The fourth-order valence-corrected chi connectivity index (χ4v) is 1.95. The maximum atomic E-state index is 12.0. The molecule has 0 bridgehead atoms. The summed E-state index contributed by atoms with van der Waals surface area (Å²) in [6.45, 7) is 10.4. The summed E-state index contributed by atoms with van der Waals surface area (Å²) in [5.74, 6) is 0.757. The Morgan fingerprint density at radius 2 is 2.14 bits per heavy atom. The molecule has 0 fully saturated rings. The summed E-state index contributed by atoms with van der Waals surface area (Å²) >= 11 is 3.39. The monoisotopic (exact) mass is 355 g/mol. The Kier molecular flexibility index (Phi) is 6.75. The molecule has 0 heterocycles. The molecule has 0 atom stereocenters. The second kappa shape index (κ2) is 8.08. The van der Waals surface area contributed by atoms with Crippen molar-refractivity contribution in [2.24, 2.45) is 0 Å². The SMILES string of the molecule is C=CCN(CCOc1cccc(Br)c1)C(=O)OC(C)(C)C. The largest absolute Gasteiger partial charge is 0.492 e. The molecule has 0 radical (unpaired) electrons. The van der Waals surface area contributed by atoms with Gasteiger partial charge in [-0.05, 0) is 39.0 Å². The number of benzene rings is 1. The standard InChI is InChI=1S/C16H22BrNO3/c1-5-9-18(15(19)21-16(2,3)4)10-11-20-14-8-6-7-13(17)12-14/h5-8,12H,1,9-11H2,2-4H3. The summed E-state index contributed by atoms with van der Waals surface area (Å²) in [5.41, 5.74) is -0.512. The quantitative estimate of drug-likeness (QED) is 0.716. The highest BCUT2D eigenvalue weighted by atomic mass is 79.9. The van der Waals surface area contributed by atoms with Crippen LogP contribution in [-0.4, -0.2) is 36.3 Å². The Balaban J connectivity index is 2.51. The van der Waals surface area contributed by atoms with Gasteiger partial charge in [0.15, 0.2) is 0 Å². The number of carbonyl (C=O) groups is 1. The number of hydrogen-bond acceptors (Lipinski definition) is 3. The van der Waals surface area contributed by atoms with Gasteiger partial charge in [0.25, 0.3) is 0 Å². The van der Waals surface area contributed by atoms with Crippen molar-refractivity contribution < 1.29 is 14.3 Å². The summed E-state index contributed by atoms with van der Waals surface area (Å²) < 4.78 is 11.9. The first-order valence-electron chi connectivity index (χ1n) is 6.79. The Morgan fingerprint density at radius 1 is 1.43 bits per heavy atom. The number of nitrogens with zero attached hydrogens (tertiary/aromatic N) is 1. The van der Waals surface area contributed by atoms with Crippen molar-refractivity contribution in [3.8, 4) is 5.75 Å². The molecule has 21 heavy (non-hydrogen) atoms. The molecule has 1 aromatic rings. The number of hydrogen-bond donors (Lipinski definition) is 0. The first-order chi connectivity index (χ1) is 9.81. The number of carbonyl (C=O) groups excluding carboxylic acids is 1. The number of halogens is 1. The van der Waals surface area contributed by atoms with Gasteiger partial charge in [-0.3, -0.25) is 0 Å². The number of ether oxygens (including phenoxy) is 2. The van der Waals surface area contributed by atoms with Crippen LogP contribution in [-0.2, 0) is 4.74 Å². The minimum Gasteiger partial charge on any atom is -0.492 e. The van der Waals surface area contributed by atoms with Crippen molar-refractivity contribution in [2.45, 2.75) is 26.4 Å². The lowest BCUT2D eigenvalue weighted by Crippen LogP contribution is -2.39. The van der Waals surface area contributed by atoms with Gasteiger partial charge in [0.2, 0.25) is 0 Å². The van der Waals surface area contributed by atoms with Crippen LogP contribution in [0, 0.1) is 0 Å². The van der Waals surface area contributed by atoms with E-state index in [4.69, 9.17) is 9.47 Å². The van der Waals surface area contributed by atoms with E-state index < -0.39 is 5.60 Å². The average molecular weight is 356 g/mol. The predicted octanol–water partition coefficient (Wildman–Crippen LogP) is 4.25. The lowest BCUT2D eigenvalue weighted by molar-refractivity contribution is 0.0249. The van der Waals surface area contributed by atoms with Gasteiger partial charge in [-0.25, -0.2) is 4.79 Å². The van der Waals surface area contributed by atoms with E-state index in [1.54, 1.807) is 11.0 Å². The zero-order valence-electron chi connectivity index (χ0n) is 12.8. The third kappa shape index (κ3) is 7.18. The summed E-state index contributed by atoms with van der Waals surface area (Å²) in [4.78, 5) is 13.6. The second-order valence-electron chi connectivity index (χ2n) is 5.52. The normalized spacial score (nSPS) is 10.9. The van der Waals surface area contributed by atoms with Crippen LogP contribution in [0.25, 0.3) is 0 Å². The van der Waals surface area contributed by atoms with Crippen molar-refractivity contribution in [1.29, 1.82) is 0 Å². The molecule has 4 nitrogen and oxygen atoms in total. The van der Waals surface area contributed by atoms with E-state index in [9.17, 15) is 4.79 Å². The fourth-order valence-electron chi connectivity index (χ4n) is 1.57. The Hall–Kier alpha value is -1.49. The molecule has 116 valence electrons. The van der Waals surface area contributed by atoms with E-state index in [-0.39, 0.29) is 6.09 Å². The van der Waals surface area contributed by atoms with E-state index >= 15 is 0 Å². The van der Waals surface area contributed by atoms with Crippen LogP contribution in [0.5, 0.6) is 5.75 Å². The molecule has 0 unspecified atom stereocenters. The van der Waals surface area contributed by atoms with Crippen molar-refractivity contribution in [3.05, 3.63) is 41.4 Å². The Bertz CT molecular complexity index is 483. The van der Waals surface area contributed by atoms with Crippen LogP contribution >= 0.6 is 15.9 Å². The van der Waals surface area contributed by atoms with Gasteiger partial charge in [-0.2, -0.15) is 0 Å². The van der Waals surface area contributed by atoms with Crippen molar-refractivity contribution >= 4 is 22.0 Å². The van der Waals surface area contributed by atoms with Crippen LogP contribution < -0.4 is 4.74 Å². The Labute approximate surface area is 134 Å². The lowest BCUT2D eigenvalue weighted by atomic mass is 10.2. The minimum absolute atomic E-state index is 0.361. The first kappa shape index (κ1) is 17.6. The Morgan fingerprint density at radius 3 is 2.71 bits per heavy atom. The molecule has 0 saturated heterocycles. The molecule has 5 heteroatoms. The highest BCUT2D eigenvalue weighted by Crippen LogP contribution is 2.17. The summed E-state index contributed by atoms with van der Waals surface area (Å²) in [6, 6.07) is 7.58. The number of amides is 1. The fraction of sp³-hybridized carbons (Fsp3) is 0.438. The molecule has 0 aliphatic heterocycles. The number of rotatable bonds is 6. The summed E-state index contributed by atoms with van der Waals surface area (Å²) in [7, 11) is 0. The van der Waals surface area contributed by atoms with Crippen molar-refractivity contribution in [3.63, 3.8) is 0 Å². The molecule has 1 amide bonds. The van der Waals surface area contributed by atoms with Crippen LogP contribution in [0.4, 0.5) is 4.79 Å². The van der Waals surface area contributed by atoms with E-state index in [0.717, 1.165) is 10.2 Å². The topological polar surface area (TPSA) is 38.8 Å². The summed E-state index contributed by atoms with van der Waals surface area (Å²) in [6.07, 6.45) is 1.31. The van der Waals surface area contributed by atoms with Gasteiger partial charge in [0, 0.05) is 11.0 Å². The van der Waals surface area contributed by atoms with Crippen LogP contribution in [0.3, 0.4) is 0 Å². The van der Waals surface area contributed by atoms with Gasteiger partial charge >= 0.3 is 6.09 Å². The molecule has 0 spiro atoms. The smallest absolute Gasteiger partial charge is 0.410 e. The van der Waals surface area contributed by atoms with E-state index in [1.807, 2.05) is 45.0 Å². The van der Waals surface area contributed by atoms with Gasteiger partial charge in [-0.1, -0.05) is 28.1 Å². The van der Waals surface area contributed by atoms with Crippen molar-refractivity contribution in [2.75, 3.05) is 19.7 Å². The van der Waals surface area contributed by atoms with Gasteiger partial charge in [0.05, 0.1) is 6.54 Å². The zero-order valence-corrected chi connectivity index (χ0v) is 14.4. The maximum Gasteiger partial charge on any atom is 0.410 e. The average Bonchev–Trinajstić information content (AvgIpc) is 2.35. The van der Waals surface area contributed by atoms with Crippen LogP contribution in [0.15, 0.2) is 41.4 Å². The zero-order chi connectivity index (χ0) is 15.9.